The molecular weight excluding hydrogens is 450 g/mol. The molecule has 1 aliphatic rings. The van der Waals surface area contributed by atoms with E-state index in [1.54, 1.807) is 36.7 Å². The molecule has 0 aliphatic carbocycles. The number of nitrogens with one attached hydrogen (secondary N) is 1. The van der Waals surface area contributed by atoms with Gasteiger partial charge in [0.15, 0.2) is 5.65 Å². The second-order valence-electron chi connectivity index (χ2n) is 7.47. The maximum Gasteiger partial charge on any atom is 0.261 e. The molecule has 0 bridgehead atoms. The van der Waals surface area contributed by atoms with E-state index in [0.717, 1.165) is 0 Å². The van der Waals surface area contributed by atoms with Gasteiger partial charge in [0.25, 0.3) is 5.91 Å². The fourth-order valence-electron chi connectivity index (χ4n) is 3.81. The Labute approximate surface area is 192 Å². The highest BCUT2D eigenvalue weighted by atomic mass is 35.5. The molecule has 4 heterocycles. The van der Waals surface area contributed by atoms with Crippen LogP contribution >= 0.6 is 11.6 Å². The van der Waals surface area contributed by atoms with Gasteiger partial charge in [-0.3, -0.25) is 4.79 Å². The molecule has 0 saturated carbocycles. The first-order chi connectivity index (χ1) is 16.0. The van der Waals surface area contributed by atoms with Crippen LogP contribution in [0.1, 0.15) is 16.4 Å². The third kappa shape index (κ3) is 3.65. The molecule has 1 amide bonds. The summed E-state index contributed by atoms with van der Waals surface area (Å²) in [6.07, 6.45) is 3.89. The van der Waals surface area contributed by atoms with Crippen molar-refractivity contribution in [1.82, 2.24) is 24.4 Å². The van der Waals surface area contributed by atoms with Crippen molar-refractivity contribution in [2.24, 2.45) is 0 Å². The fourth-order valence-corrected chi connectivity index (χ4v) is 3.98. The molecule has 2 unspecified atom stereocenters. The molecule has 0 spiro atoms. The van der Waals surface area contributed by atoms with Crippen LogP contribution in [0.5, 0.6) is 5.75 Å². The average molecular weight is 470 g/mol. The SMILES string of the molecule is COc1ccc(Cl)cc1-c1nn(C2COCC2O)c(N)c1NC(=O)c1cnn2cccnc12. The summed E-state index contributed by atoms with van der Waals surface area (Å²) in [5, 5.41) is 22.4. The number of nitrogens with two attached hydrogens (primary N) is 1. The van der Waals surface area contributed by atoms with Gasteiger partial charge in [-0.1, -0.05) is 11.6 Å². The summed E-state index contributed by atoms with van der Waals surface area (Å²) >= 11 is 6.24. The van der Waals surface area contributed by atoms with E-state index in [9.17, 15) is 9.90 Å². The Morgan fingerprint density at radius 3 is 3.00 bits per heavy atom. The van der Waals surface area contributed by atoms with Crippen molar-refractivity contribution in [3.63, 3.8) is 0 Å². The second-order valence-corrected chi connectivity index (χ2v) is 7.91. The molecular formula is C21H20ClN7O4. The lowest BCUT2D eigenvalue weighted by Gasteiger charge is -2.14. The number of amides is 1. The summed E-state index contributed by atoms with van der Waals surface area (Å²) in [6, 6.07) is 6.24. The zero-order valence-corrected chi connectivity index (χ0v) is 18.2. The molecule has 3 aromatic heterocycles. The summed E-state index contributed by atoms with van der Waals surface area (Å²) in [5.74, 6) is 0.167. The number of rotatable bonds is 5. The number of nitrogens with zero attached hydrogens (tertiary/aromatic N) is 5. The van der Waals surface area contributed by atoms with Crippen LogP contribution in [0, 0.1) is 0 Å². The maximum atomic E-state index is 13.2. The zero-order valence-electron chi connectivity index (χ0n) is 17.5. The molecule has 12 heteroatoms. The molecule has 33 heavy (non-hydrogen) atoms. The molecule has 4 aromatic rings. The average Bonchev–Trinajstić information content (AvgIpc) is 3.51. The van der Waals surface area contributed by atoms with Crippen molar-refractivity contribution >= 4 is 34.7 Å². The number of halogens is 1. The van der Waals surface area contributed by atoms with Gasteiger partial charge in [0.05, 0.1) is 26.5 Å². The largest absolute Gasteiger partial charge is 0.496 e. The smallest absolute Gasteiger partial charge is 0.261 e. The van der Waals surface area contributed by atoms with Crippen molar-refractivity contribution < 1.29 is 19.4 Å². The van der Waals surface area contributed by atoms with Crippen molar-refractivity contribution in [3.05, 3.63) is 53.4 Å². The first kappa shape index (κ1) is 21.2. The lowest BCUT2D eigenvalue weighted by atomic mass is 10.1. The normalized spacial score (nSPS) is 18.0. The van der Waals surface area contributed by atoms with Crippen LogP contribution in [0.4, 0.5) is 11.5 Å². The number of benzene rings is 1. The molecule has 1 saturated heterocycles. The molecule has 1 fully saturated rings. The van der Waals surface area contributed by atoms with Gasteiger partial charge >= 0.3 is 0 Å². The van der Waals surface area contributed by atoms with E-state index >= 15 is 0 Å². The van der Waals surface area contributed by atoms with Crippen molar-refractivity contribution in [2.45, 2.75) is 12.1 Å². The topological polar surface area (TPSA) is 142 Å². The van der Waals surface area contributed by atoms with E-state index in [4.69, 9.17) is 26.8 Å². The Kier molecular flexibility index (Phi) is 5.36. The third-order valence-corrected chi connectivity index (χ3v) is 5.70. The van der Waals surface area contributed by atoms with Gasteiger partial charge in [0.2, 0.25) is 0 Å². The molecule has 170 valence electrons. The van der Waals surface area contributed by atoms with Crippen LogP contribution in [-0.4, -0.2) is 61.8 Å². The maximum absolute atomic E-state index is 13.2. The quantitative estimate of drug-likeness (QED) is 0.403. The predicted molar refractivity (Wildman–Crippen MR) is 120 cm³/mol. The molecule has 11 nitrogen and oxygen atoms in total. The molecule has 5 rings (SSSR count). The first-order valence-electron chi connectivity index (χ1n) is 10.1. The summed E-state index contributed by atoms with van der Waals surface area (Å²) in [4.78, 5) is 17.4. The number of aromatic nitrogens is 5. The molecule has 1 aliphatic heterocycles. The number of fused-ring (bicyclic) bond motifs is 1. The number of nitrogen functional groups attached to an aromatic ring is 1. The van der Waals surface area contributed by atoms with E-state index in [-0.39, 0.29) is 30.3 Å². The predicted octanol–water partition coefficient (Wildman–Crippen LogP) is 2.02. The molecule has 0 radical (unpaired) electrons. The van der Waals surface area contributed by atoms with Crippen LogP contribution in [-0.2, 0) is 4.74 Å². The van der Waals surface area contributed by atoms with E-state index in [1.165, 1.54) is 22.5 Å². The number of aliphatic hydroxyl groups is 1. The molecule has 1 aromatic carbocycles. The van der Waals surface area contributed by atoms with E-state index < -0.39 is 18.1 Å². The Balaban J connectivity index is 1.63. The van der Waals surface area contributed by atoms with Gasteiger partial charge in [-0.2, -0.15) is 10.2 Å². The number of methoxy groups -OCH3 is 1. The summed E-state index contributed by atoms with van der Waals surface area (Å²) < 4.78 is 13.8. The monoisotopic (exact) mass is 469 g/mol. The summed E-state index contributed by atoms with van der Waals surface area (Å²) in [7, 11) is 1.52. The van der Waals surface area contributed by atoms with Gasteiger partial charge in [0.1, 0.15) is 40.7 Å². The second kappa shape index (κ2) is 8.35. The number of ether oxygens (including phenoxy) is 2. The Morgan fingerprint density at radius 2 is 2.24 bits per heavy atom. The van der Waals surface area contributed by atoms with Crippen molar-refractivity contribution in [3.8, 4) is 17.0 Å². The number of carbonyl (C=O) groups excluding carboxylic acids is 1. The van der Waals surface area contributed by atoms with Gasteiger partial charge < -0.3 is 25.6 Å². The van der Waals surface area contributed by atoms with Gasteiger partial charge in [-0.15, -0.1) is 0 Å². The Bertz CT molecular complexity index is 1350. The number of hydrogen-bond donors (Lipinski definition) is 3. The first-order valence-corrected chi connectivity index (χ1v) is 10.4. The highest BCUT2D eigenvalue weighted by Gasteiger charge is 2.33. The van der Waals surface area contributed by atoms with Crippen LogP contribution in [0.3, 0.4) is 0 Å². The van der Waals surface area contributed by atoms with Crippen LogP contribution in [0.15, 0.2) is 42.9 Å². The number of anilines is 2. The van der Waals surface area contributed by atoms with E-state index in [2.05, 4.69) is 20.5 Å². The van der Waals surface area contributed by atoms with Crippen LogP contribution in [0.25, 0.3) is 16.9 Å². The highest BCUT2D eigenvalue weighted by Crippen LogP contribution is 2.41. The third-order valence-electron chi connectivity index (χ3n) is 5.46. The molecule has 4 N–H and O–H groups in total. The minimum Gasteiger partial charge on any atom is -0.496 e. The lowest BCUT2D eigenvalue weighted by Crippen LogP contribution is -2.24. The highest BCUT2D eigenvalue weighted by molar-refractivity contribution is 6.31. The number of aliphatic hydroxyl groups excluding tert-OH is 1. The number of carbonyl (C=O) groups is 1. The summed E-state index contributed by atoms with van der Waals surface area (Å²) in [6.45, 7) is 0.389. The minimum absolute atomic E-state index is 0.152. The Morgan fingerprint density at radius 1 is 1.39 bits per heavy atom. The van der Waals surface area contributed by atoms with E-state index in [0.29, 0.717) is 27.7 Å². The Hall–Kier alpha value is -3.67. The van der Waals surface area contributed by atoms with Crippen molar-refractivity contribution in [1.29, 1.82) is 0 Å². The minimum atomic E-state index is -0.798. The summed E-state index contributed by atoms with van der Waals surface area (Å²) in [5.41, 5.74) is 8.19. The van der Waals surface area contributed by atoms with E-state index in [1.807, 2.05) is 0 Å². The van der Waals surface area contributed by atoms with Crippen molar-refractivity contribution in [2.75, 3.05) is 31.4 Å². The van der Waals surface area contributed by atoms with Gasteiger partial charge in [0, 0.05) is 23.0 Å². The van der Waals surface area contributed by atoms with Crippen LogP contribution in [0.2, 0.25) is 5.02 Å². The number of hydrogen-bond acceptors (Lipinski definition) is 8. The zero-order chi connectivity index (χ0) is 23.1. The van der Waals surface area contributed by atoms with Crippen LogP contribution < -0.4 is 15.8 Å². The fraction of sp³-hybridized carbons (Fsp3) is 0.238. The van der Waals surface area contributed by atoms with Gasteiger partial charge in [-0.25, -0.2) is 14.2 Å². The lowest BCUT2D eigenvalue weighted by molar-refractivity contribution is 0.102. The standard InChI is InChI=1S/C21H20ClN7O4/c1-32-16-4-3-11(22)7-12(16)17-18(19(23)29(27-17)14-9-33-10-15(14)30)26-21(31)13-8-25-28-6-2-5-24-20(13)28/h2-8,14-15,30H,9-10,23H2,1H3,(H,26,31). The van der Waals surface area contributed by atoms with Gasteiger partial charge in [-0.05, 0) is 24.3 Å². The molecule has 2 atom stereocenters.